The number of nitrogens with zero attached hydrogens (tertiary/aromatic N) is 2. The molecule has 5 nitrogen and oxygen atoms in total. The van der Waals surface area contributed by atoms with Gasteiger partial charge in [0.1, 0.15) is 0 Å². The van der Waals surface area contributed by atoms with Gasteiger partial charge in [0.15, 0.2) is 0 Å². The number of rotatable bonds is 1. The molecule has 2 N–H and O–H groups in total. The zero-order valence-corrected chi connectivity index (χ0v) is 11.0. The zero-order valence-electron chi connectivity index (χ0n) is 11.0. The Kier molecular flexibility index (Phi) is 5.99. The lowest BCUT2D eigenvalue weighted by atomic mass is 10.2. The molecule has 1 heterocycles. The number of benzene rings is 1. The number of nitriles is 1. The van der Waals surface area contributed by atoms with Gasteiger partial charge in [0.25, 0.3) is 0 Å². The second-order valence-corrected chi connectivity index (χ2v) is 4.20. The van der Waals surface area contributed by atoms with Crippen molar-refractivity contribution < 1.29 is 23.1 Å². The number of anilines is 1. The van der Waals surface area contributed by atoms with Gasteiger partial charge in [-0.05, 0) is 24.3 Å². The Hall–Kier alpha value is -2.27. The Bertz CT molecular complexity index is 503. The molecule has 1 aliphatic rings. The largest absolute Gasteiger partial charge is 0.490 e. The number of carboxylic acid groups (broad SMARTS) is 1. The molecule has 0 atom stereocenters. The lowest BCUT2D eigenvalue weighted by molar-refractivity contribution is -0.192. The van der Waals surface area contributed by atoms with Crippen LogP contribution in [-0.4, -0.2) is 43.4 Å². The lowest BCUT2D eigenvalue weighted by Gasteiger charge is -2.29. The predicted molar refractivity (Wildman–Crippen MR) is 69.9 cm³/mol. The molecule has 2 rings (SSSR count). The Balaban J connectivity index is 0.000000270. The van der Waals surface area contributed by atoms with Crippen molar-refractivity contribution in [3.63, 3.8) is 0 Å². The van der Waals surface area contributed by atoms with E-state index in [0.29, 0.717) is 0 Å². The van der Waals surface area contributed by atoms with Crippen LogP contribution in [0.2, 0.25) is 0 Å². The minimum absolute atomic E-state index is 0.726. The van der Waals surface area contributed by atoms with Crippen molar-refractivity contribution >= 4 is 11.7 Å². The van der Waals surface area contributed by atoms with E-state index >= 15 is 0 Å². The first-order valence-corrected chi connectivity index (χ1v) is 6.10. The van der Waals surface area contributed by atoms with E-state index < -0.39 is 12.1 Å². The summed E-state index contributed by atoms with van der Waals surface area (Å²) in [5.74, 6) is -2.76. The molecular weight excluding hydrogens is 287 g/mol. The number of aliphatic carboxylic acids is 1. The van der Waals surface area contributed by atoms with Crippen LogP contribution < -0.4 is 10.2 Å². The molecule has 1 fully saturated rings. The Morgan fingerprint density at radius 3 is 2.10 bits per heavy atom. The van der Waals surface area contributed by atoms with Crippen LogP contribution in [0.25, 0.3) is 0 Å². The monoisotopic (exact) mass is 301 g/mol. The maximum Gasteiger partial charge on any atom is 0.490 e. The van der Waals surface area contributed by atoms with E-state index in [1.54, 1.807) is 0 Å². The van der Waals surface area contributed by atoms with E-state index in [4.69, 9.17) is 15.2 Å². The summed E-state index contributed by atoms with van der Waals surface area (Å²) in [7, 11) is 0. The molecule has 1 aromatic rings. The van der Waals surface area contributed by atoms with Crippen molar-refractivity contribution in [2.75, 3.05) is 31.1 Å². The normalized spacial score (nSPS) is 14.7. The third-order valence-corrected chi connectivity index (χ3v) is 2.72. The number of nitrogens with one attached hydrogen (secondary N) is 1. The zero-order chi connectivity index (χ0) is 15.9. The topological polar surface area (TPSA) is 76.4 Å². The highest BCUT2D eigenvalue weighted by molar-refractivity contribution is 5.73. The summed E-state index contributed by atoms with van der Waals surface area (Å²) >= 11 is 0. The first kappa shape index (κ1) is 16.8. The van der Waals surface area contributed by atoms with E-state index in [1.165, 1.54) is 5.69 Å². The fourth-order valence-corrected chi connectivity index (χ4v) is 1.67. The van der Waals surface area contributed by atoms with Gasteiger partial charge in [0, 0.05) is 31.9 Å². The highest BCUT2D eigenvalue weighted by atomic mass is 19.4. The number of carboxylic acids is 1. The van der Waals surface area contributed by atoms with Crippen molar-refractivity contribution in [2.24, 2.45) is 0 Å². The van der Waals surface area contributed by atoms with Crippen LogP contribution in [0.5, 0.6) is 0 Å². The molecular formula is C13H14F3N3O2. The summed E-state index contributed by atoms with van der Waals surface area (Å²) in [4.78, 5) is 11.2. The van der Waals surface area contributed by atoms with E-state index in [-0.39, 0.29) is 0 Å². The number of carbonyl (C=O) groups is 1. The third kappa shape index (κ3) is 5.71. The Morgan fingerprint density at radius 1 is 1.24 bits per heavy atom. The van der Waals surface area contributed by atoms with E-state index in [0.717, 1.165) is 31.7 Å². The van der Waals surface area contributed by atoms with Crippen LogP contribution in [0.15, 0.2) is 24.3 Å². The fraction of sp³-hybridized carbons (Fsp3) is 0.385. The van der Waals surface area contributed by atoms with Crippen LogP contribution >= 0.6 is 0 Å². The van der Waals surface area contributed by atoms with Crippen LogP contribution in [0.1, 0.15) is 5.56 Å². The summed E-state index contributed by atoms with van der Waals surface area (Å²) in [5.41, 5.74) is 1.94. The number of halogens is 3. The van der Waals surface area contributed by atoms with E-state index in [9.17, 15) is 13.2 Å². The van der Waals surface area contributed by atoms with Gasteiger partial charge in [-0.15, -0.1) is 0 Å². The Labute approximate surface area is 119 Å². The number of hydrogen-bond donors (Lipinski definition) is 2. The van der Waals surface area contributed by atoms with Crippen molar-refractivity contribution in [2.45, 2.75) is 6.18 Å². The first-order valence-electron chi connectivity index (χ1n) is 6.10. The van der Waals surface area contributed by atoms with Gasteiger partial charge in [-0.25, -0.2) is 4.79 Å². The summed E-state index contributed by atoms with van der Waals surface area (Å²) in [6.07, 6.45) is -5.08. The summed E-state index contributed by atoms with van der Waals surface area (Å²) < 4.78 is 31.7. The molecule has 114 valence electrons. The van der Waals surface area contributed by atoms with Gasteiger partial charge in [0.05, 0.1) is 11.6 Å². The van der Waals surface area contributed by atoms with Gasteiger partial charge in [-0.2, -0.15) is 18.4 Å². The van der Waals surface area contributed by atoms with Gasteiger partial charge >= 0.3 is 12.1 Å². The second-order valence-electron chi connectivity index (χ2n) is 4.20. The van der Waals surface area contributed by atoms with Crippen LogP contribution in [0.4, 0.5) is 18.9 Å². The van der Waals surface area contributed by atoms with Crippen molar-refractivity contribution in [3.05, 3.63) is 29.8 Å². The molecule has 0 bridgehead atoms. The van der Waals surface area contributed by atoms with Gasteiger partial charge in [-0.1, -0.05) is 0 Å². The smallest absolute Gasteiger partial charge is 0.475 e. The van der Waals surface area contributed by atoms with Gasteiger partial charge in [-0.3, -0.25) is 0 Å². The van der Waals surface area contributed by atoms with Crippen molar-refractivity contribution in [1.29, 1.82) is 5.26 Å². The Morgan fingerprint density at radius 2 is 1.71 bits per heavy atom. The maximum absolute atomic E-state index is 10.6. The average molecular weight is 301 g/mol. The molecule has 1 aromatic carbocycles. The summed E-state index contributed by atoms with van der Waals surface area (Å²) in [6, 6.07) is 9.91. The van der Waals surface area contributed by atoms with Crippen LogP contribution in [0.3, 0.4) is 0 Å². The summed E-state index contributed by atoms with van der Waals surface area (Å²) in [5, 5.41) is 19.1. The second kappa shape index (κ2) is 7.50. The third-order valence-electron chi connectivity index (χ3n) is 2.72. The molecule has 21 heavy (non-hydrogen) atoms. The molecule has 1 aliphatic heterocycles. The number of alkyl halides is 3. The van der Waals surface area contributed by atoms with Gasteiger partial charge in [0.2, 0.25) is 0 Å². The van der Waals surface area contributed by atoms with Gasteiger partial charge < -0.3 is 15.3 Å². The number of hydrogen-bond acceptors (Lipinski definition) is 4. The predicted octanol–water partition coefficient (Wildman–Crippen LogP) is 1.60. The van der Waals surface area contributed by atoms with Crippen LogP contribution in [-0.2, 0) is 4.79 Å². The lowest BCUT2D eigenvalue weighted by Crippen LogP contribution is -2.43. The molecule has 1 saturated heterocycles. The molecule has 0 aromatic heterocycles. The highest BCUT2D eigenvalue weighted by Crippen LogP contribution is 2.15. The van der Waals surface area contributed by atoms with Crippen molar-refractivity contribution in [3.8, 4) is 6.07 Å². The van der Waals surface area contributed by atoms with E-state index in [1.807, 2.05) is 24.3 Å². The quantitative estimate of drug-likeness (QED) is 0.824. The molecule has 0 saturated carbocycles. The average Bonchev–Trinajstić information content (AvgIpc) is 2.48. The highest BCUT2D eigenvalue weighted by Gasteiger charge is 2.38. The maximum atomic E-state index is 10.6. The molecule has 0 unspecified atom stereocenters. The number of piperazine rings is 1. The van der Waals surface area contributed by atoms with E-state index in [2.05, 4.69) is 16.3 Å². The molecule has 0 amide bonds. The standard InChI is InChI=1S/C11H13N3.C2HF3O2/c12-9-10-1-3-11(4-2-10)14-7-5-13-6-8-14;3-2(4,5)1(6)7/h1-4,13H,5-8H2;(H,6,7). The fourth-order valence-electron chi connectivity index (χ4n) is 1.67. The SMILES string of the molecule is N#Cc1ccc(N2CCNCC2)cc1.O=C(O)C(F)(F)F. The first-order chi connectivity index (χ1) is 9.84. The molecule has 0 aliphatic carbocycles. The molecule has 8 heteroatoms. The minimum Gasteiger partial charge on any atom is -0.475 e. The minimum atomic E-state index is -5.08. The molecule has 0 radical (unpaired) electrons. The summed E-state index contributed by atoms with van der Waals surface area (Å²) in [6.45, 7) is 4.18. The van der Waals surface area contributed by atoms with Crippen molar-refractivity contribution in [1.82, 2.24) is 5.32 Å². The van der Waals surface area contributed by atoms with Crippen LogP contribution in [0, 0.1) is 11.3 Å². The molecule has 0 spiro atoms.